The van der Waals surface area contributed by atoms with E-state index in [2.05, 4.69) is 13.8 Å². The molecule has 20 heavy (non-hydrogen) atoms. The van der Waals surface area contributed by atoms with Crippen molar-refractivity contribution in [1.29, 1.82) is 0 Å². The summed E-state index contributed by atoms with van der Waals surface area (Å²) in [6.45, 7) is 5.44. The summed E-state index contributed by atoms with van der Waals surface area (Å²) in [5, 5.41) is 0. The summed E-state index contributed by atoms with van der Waals surface area (Å²) in [5.74, 6) is 0. The van der Waals surface area contributed by atoms with E-state index < -0.39 is 8.60 Å². The smallest absolute Gasteiger partial charge is 0.329 e. The van der Waals surface area contributed by atoms with Gasteiger partial charge in [-0.25, -0.2) is 0 Å². The third kappa shape index (κ3) is 13.3. The summed E-state index contributed by atoms with van der Waals surface area (Å²) in [6, 6.07) is 0. The predicted octanol–water partition coefficient (Wildman–Crippen LogP) is 4.80. The van der Waals surface area contributed by atoms with Gasteiger partial charge in [0, 0.05) is 7.11 Å². The van der Waals surface area contributed by atoms with E-state index in [0.29, 0.717) is 19.3 Å². The Morgan fingerprint density at radius 2 is 1.45 bits per heavy atom. The van der Waals surface area contributed by atoms with Crippen molar-refractivity contribution in [2.75, 3.05) is 20.3 Å². The zero-order valence-corrected chi connectivity index (χ0v) is 14.4. The highest BCUT2D eigenvalue weighted by Gasteiger charge is 2.09. The fourth-order valence-electron chi connectivity index (χ4n) is 1.96. The van der Waals surface area contributed by atoms with Gasteiger partial charge in [-0.2, -0.15) is 0 Å². The van der Waals surface area contributed by atoms with Gasteiger partial charge in [-0.15, -0.1) is 0 Å². The van der Waals surface area contributed by atoms with Crippen LogP contribution >= 0.6 is 8.60 Å². The van der Waals surface area contributed by atoms with Gasteiger partial charge in [0.15, 0.2) is 0 Å². The van der Waals surface area contributed by atoms with Gasteiger partial charge in [0.25, 0.3) is 0 Å². The maximum absolute atomic E-state index is 9.49. The molecule has 0 aromatic carbocycles. The van der Waals surface area contributed by atoms with Crippen LogP contribution in [-0.4, -0.2) is 31.3 Å². The van der Waals surface area contributed by atoms with Crippen molar-refractivity contribution in [1.82, 2.24) is 0 Å². The minimum Gasteiger partial charge on any atom is -0.381 e. The molecular formula is C15H33O4P. The number of hydrogen-bond donors (Lipinski definition) is 1. The van der Waals surface area contributed by atoms with Crippen molar-refractivity contribution in [3.05, 3.63) is 0 Å². The zero-order valence-electron chi connectivity index (χ0n) is 13.5. The largest absolute Gasteiger partial charge is 0.381 e. The fourth-order valence-corrected chi connectivity index (χ4v) is 2.60. The maximum atomic E-state index is 9.49. The quantitative estimate of drug-likeness (QED) is 0.348. The van der Waals surface area contributed by atoms with Crippen molar-refractivity contribution in [2.45, 2.75) is 77.7 Å². The maximum Gasteiger partial charge on any atom is 0.329 e. The Morgan fingerprint density at radius 3 is 2.05 bits per heavy atom. The van der Waals surface area contributed by atoms with Crippen LogP contribution in [0.1, 0.15) is 71.6 Å². The first-order valence-corrected chi connectivity index (χ1v) is 9.15. The van der Waals surface area contributed by atoms with Gasteiger partial charge in [0.05, 0.1) is 19.3 Å². The lowest BCUT2D eigenvalue weighted by Crippen LogP contribution is -2.11. The topological polar surface area (TPSA) is 47.9 Å². The van der Waals surface area contributed by atoms with Gasteiger partial charge in [-0.1, -0.05) is 46.0 Å². The van der Waals surface area contributed by atoms with E-state index in [1.54, 1.807) is 7.11 Å². The molecule has 0 saturated carbocycles. The lowest BCUT2D eigenvalue weighted by atomic mass is 10.1. The number of ether oxygens (including phenoxy) is 1. The summed E-state index contributed by atoms with van der Waals surface area (Å²) in [6.07, 6.45) is 10.5. The van der Waals surface area contributed by atoms with Crippen LogP contribution in [0.15, 0.2) is 0 Å². The van der Waals surface area contributed by atoms with Gasteiger partial charge < -0.3 is 18.7 Å². The second kappa shape index (κ2) is 15.7. The number of hydrogen-bond acceptors (Lipinski definition) is 4. The number of unbranched alkanes of at least 4 members (excludes halogenated alkanes) is 4. The molecule has 0 aliphatic rings. The molecule has 1 N–H and O–H groups in total. The highest BCUT2D eigenvalue weighted by molar-refractivity contribution is 7.40. The van der Waals surface area contributed by atoms with E-state index in [1.807, 2.05) is 0 Å². The second-order valence-corrected chi connectivity index (χ2v) is 6.10. The first-order chi connectivity index (χ1) is 9.74. The minimum atomic E-state index is -1.68. The summed E-state index contributed by atoms with van der Waals surface area (Å²) in [4.78, 5) is 9.49. The van der Waals surface area contributed by atoms with Gasteiger partial charge >= 0.3 is 8.60 Å². The first kappa shape index (κ1) is 20.3. The van der Waals surface area contributed by atoms with Crippen LogP contribution < -0.4 is 0 Å². The van der Waals surface area contributed by atoms with E-state index in [4.69, 9.17) is 13.8 Å². The van der Waals surface area contributed by atoms with E-state index in [-0.39, 0.29) is 0 Å². The molecule has 0 spiro atoms. The average molecular weight is 308 g/mol. The number of methoxy groups -OCH3 is 1. The molecule has 0 bridgehead atoms. The molecule has 5 heteroatoms. The molecule has 2 atom stereocenters. The Kier molecular flexibility index (Phi) is 15.9. The SMILES string of the molecule is CCCCCCC(CCCOP(O)OCCCC)OC. The molecule has 0 saturated heterocycles. The molecule has 0 aromatic rings. The van der Waals surface area contributed by atoms with Crippen LogP contribution in [0.4, 0.5) is 0 Å². The summed E-state index contributed by atoms with van der Waals surface area (Å²) in [5.41, 5.74) is 0. The standard InChI is InChI=1S/C15H33O4P/c1-4-6-8-9-11-15(17-3)12-10-14-19-20(16)18-13-7-5-2/h15-16H,4-14H2,1-3H3. The highest BCUT2D eigenvalue weighted by atomic mass is 31.2. The van der Waals surface area contributed by atoms with Crippen molar-refractivity contribution >= 4 is 8.60 Å². The average Bonchev–Trinajstić information content (AvgIpc) is 2.46. The van der Waals surface area contributed by atoms with E-state index in [0.717, 1.165) is 32.1 Å². The molecule has 0 aromatic heterocycles. The van der Waals surface area contributed by atoms with Crippen molar-refractivity contribution in [2.24, 2.45) is 0 Å². The molecule has 4 nitrogen and oxygen atoms in total. The van der Waals surface area contributed by atoms with Crippen molar-refractivity contribution in [3.63, 3.8) is 0 Å². The molecule has 2 unspecified atom stereocenters. The van der Waals surface area contributed by atoms with E-state index in [1.165, 1.54) is 25.7 Å². The van der Waals surface area contributed by atoms with Crippen LogP contribution in [0.3, 0.4) is 0 Å². The lowest BCUT2D eigenvalue weighted by Gasteiger charge is -2.15. The van der Waals surface area contributed by atoms with Gasteiger partial charge in [0.1, 0.15) is 0 Å². The lowest BCUT2D eigenvalue weighted by molar-refractivity contribution is 0.0785. The van der Waals surface area contributed by atoms with E-state index >= 15 is 0 Å². The highest BCUT2D eigenvalue weighted by Crippen LogP contribution is 2.33. The van der Waals surface area contributed by atoms with Gasteiger partial charge in [0.2, 0.25) is 0 Å². The Morgan fingerprint density at radius 1 is 0.850 bits per heavy atom. The zero-order chi connectivity index (χ0) is 15.1. The minimum absolute atomic E-state index is 0.321. The van der Waals surface area contributed by atoms with Crippen molar-refractivity contribution < 1.29 is 18.7 Å². The fraction of sp³-hybridized carbons (Fsp3) is 1.00. The molecule has 0 radical (unpaired) electrons. The van der Waals surface area contributed by atoms with Crippen LogP contribution in [0, 0.1) is 0 Å². The molecule has 0 heterocycles. The van der Waals surface area contributed by atoms with Gasteiger partial charge in [-0.3, -0.25) is 0 Å². The summed E-state index contributed by atoms with van der Waals surface area (Å²) >= 11 is 0. The van der Waals surface area contributed by atoms with Crippen molar-refractivity contribution in [3.8, 4) is 0 Å². The van der Waals surface area contributed by atoms with Crippen LogP contribution in [0.25, 0.3) is 0 Å². The Balaban J connectivity index is 3.44. The normalized spacial score (nSPS) is 14.4. The Bertz CT molecular complexity index is 193. The first-order valence-electron chi connectivity index (χ1n) is 8.02. The Hall–Kier alpha value is 0.270. The molecule has 122 valence electrons. The Labute approximate surface area is 126 Å². The third-order valence-electron chi connectivity index (χ3n) is 3.28. The molecular weight excluding hydrogens is 275 g/mol. The second-order valence-electron chi connectivity index (χ2n) is 5.11. The summed E-state index contributed by atoms with van der Waals surface area (Å²) in [7, 11) is 0.0919. The summed E-state index contributed by atoms with van der Waals surface area (Å²) < 4.78 is 15.9. The monoisotopic (exact) mass is 308 g/mol. The molecule has 0 amide bonds. The molecule has 0 fully saturated rings. The molecule has 0 aliphatic heterocycles. The predicted molar refractivity (Wildman–Crippen MR) is 84.7 cm³/mol. The van der Waals surface area contributed by atoms with Gasteiger partial charge in [-0.05, 0) is 25.7 Å². The van der Waals surface area contributed by atoms with Crippen LogP contribution in [-0.2, 0) is 13.8 Å². The number of rotatable bonds is 15. The molecule has 0 rings (SSSR count). The van der Waals surface area contributed by atoms with Crippen LogP contribution in [0.2, 0.25) is 0 Å². The third-order valence-corrected chi connectivity index (χ3v) is 4.09. The van der Waals surface area contributed by atoms with Crippen LogP contribution in [0.5, 0.6) is 0 Å². The molecule has 0 aliphatic carbocycles. The van der Waals surface area contributed by atoms with E-state index in [9.17, 15) is 4.89 Å².